The first-order chi connectivity index (χ1) is 20.3. The molecular formula is C38H22N2O. The Morgan fingerprint density at radius 2 is 1.10 bits per heavy atom. The van der Waals surface area contributed by atoms with Crippen molar-refractivity contribution in [3.8, 4) is 22.6 Å². The average molecular weight is 523 g/mol. The predicted molar refractivity (Wildman–Crippen MR) is 170 cm³/mol. The van der Waals surface area contributed by atoms with Gasteiger partial charge in [0.25, 0.3) is 0 Å². The molecule has 0 aliphatic heterocycles. The Bertz CT molecular complexity index is 2470. The van der Waals surface area contributed by atoms with E-state index in [1.165, 1.54) is 21.5 Å². The van der Waals surface area contributed by atoms with Crippen molar-refractivity contribution in [3.63, 3.8) is 0 Å². The highest BCUT2D eigenvalue weighted by molar-refractivity contribution is 6.17. The van der Waals surface area contributed by atoms with Crippen LogP contribution in [0, 0.1) is 0 Å². The number of nitrogens with zero attached hydrogens (tertiary/aromatic N) is 2. The van der Waals surface area contributed by atoms with Crippen LogP contribution in [-0.2, 0) is 0 Å². The van der Waals surface area contributed by atoms with Gasteiger partial charge in [-0.2, -0.15) is 0 Å². The van der Waals surface area contributed by atoms with Crippen molar-refractivity contribution in [2.45, 2.75) is 0 Å². The smallest absolute Gasteiger partial charge is 0.160 e. The molecule has 3 nitrogen and oxygen atoms in total. The maximum Gasteiger partial charge on any atom is 0.160 e. The third-order valence-corrected chi connectivity index (χ3v) is 8.23. The molecule has 0 aliphatic carbocycles. The van der Waals surface area contributed by atoms with Crippen molar-refractivity contribution in [2.24, 2.45) is 0 Å². The molecule has 2 heterocycles. The molecule has 2 aromatic heterocycles. The lowest BCUT2D eigenvalue weighted by molar-refractivity contribution is 0.669. The van der Waals surface area contributed by atoms with Crippen LogP contribution in [0.5, 0.6) is 0 Å². The molecule has 0 aliphatic rings. The molecular weight excluding hydrogens is 500 g/mol. The van der Waals surface area contributed by atoms with Gasteiger partial charge in [0.05, 0.1) is 11.2 Å². The maximum atomic E-state index is 6.18. The topological polar surface area (TPSA) is 38.9 Å². The summed E-state index contributed by atoms with van der Waals surface area (Å²) >= 11 is 0. The first-order valence-corrected chi connectivity index (χ1v) is 13.8. The quantitative estimate of drug-likeness (QED) is 0.212. The first kappa shape index (κ1) is 22.3. The summed E-state index contributed by atoms with van der Waals surface area (Å²) < 4.78 is 6.18. The van der Waals surface area contributed by atoms with Crippen molar-refractivity contribution in [3.05, 3.63) is 133 Å². The van der Waals surface area contributed by atoms with Crippen LogP contribution in [0.2, 0.25) is 0 Å². The Hall–Kier alpha value is -5.54. The maximum absolute atomic E-state index is 6.18. The summed E-state index contributed by atoms with van der Waals surface area (Å²) in [6, 6.07) is 46.7. The van der Waals surface area contributed by atoms with Crippen molar-refractivity contribution in [1.82, 2.24) is 9.97 Å². The van der Waals surface area contributed by atoms with E-state index in [9.17, 15) is 0 Å². The third kappa shape index (κ3) is 3.39. The molecule has 9 rings (SSSR count). The van der Waals surface area contributed by atoms with Crippen LogP contribution in [0.4, 0.5) is 0 Å². The second-order valence-corrected chi connectivity index (χ2v) is 10.6. The molecule has 7 aromatic carbocycles. The fourth-order valence-corrected chi connectivity index (χ4v) is 6.22. The number of furan rings is 1. The summed E-state index contributed by atoms with van der Waals surface area (Å²) in [5.74, 6) is 0.724. The molecule has 3 heteroatoms. The summed E-state index contributed by atoms with van der Waals surface area (Å²) in [6.45, 7) is 0. The van der Waals surface area contributed by atoms with E-state index in [-0.39, 0.29) is 0 Å². The van der Waals surface area contributed by atoms with Gasteiger partial charge in [-0.15, -0.1) is 0 Å². The molecule has 0 bridgehead atoms. The SMILES string of the molecule is c1ccc(-c2nc(-c3ccc4ccc5cc6oc7ccccc7c6cc5c4c3)nc3c2ccc2ccccc23)cc1. The zero-order valence-electron chi connectivity index (χ0n) is 22.0. The fourth-order valence-electron chi connectivity index (χ4n) is 6.22. The van der Waals surface area contributed by atoms with Crippen LogP contribution in [0.1, 0.15) is 0 Å². The van der Waals surface area contributed by atoms with Gasteiger partial charge < -0.3 is 4.42 Å². The standard InChI is InChI=1S/C38H22N2O/c1-2-9-25(10-3-1)36-30-19-18-23-8-4-5-11-28(23)37(30)40-38(39-36)27-17-15-24-14-16-26-21-35-33(22-32(26)31(24)20-27)29-12-6-7-13-34(29)41-35/h1-22H. The predicted octanol–water partition coefficient (Wildman–Crippen LogP) is 10.3. The van der Waals surface area contributed by atoms with Crippen LogP contribution < -0.4 is 0 Å². The lowest BCUT2D eigenvalue weighted by atomic mass is 9.97. The van der Waals surface area contributed by atoms with Gasteiger partial charge in [-0.1, -0.05) is 103 Å². The minimum Gasteiger partial charge on any atom is -0.456 e. The number of para-hydroxylation sites is 1. The summed E-state index contributed by atoms with van der Waals surface area (Å²) in [5.41, 5.74) is 5.81. The minimum atomic E-state index is 0.724. The van der Waals surface area contributed by atoms with Gasteiger partial charge in [0.2, 0.25) is 0 Å². The molecule has 0 amide bonds. The van der Waals surface area contributed by atoms with Gasteiger partial charge >= 0.3 is 0 Å². The van der Waals surface area contributed by atoms with Gasteiger partial charge in [-0.25, -0.2) is 9.97 Å². The monoisotopic (exact) mass is 522 g/mol. The van der Waals surface area contributed by atoms with E-state index in [1.807, 2.05) is 18.2 Å². The number of aromatic nitrogens is 2. The minimum absolute atomic E-state index is 0.724. The van der Waals surface area contributed by atoms with E-state index in [1.54, 1.807) is 0 Å². The molecule has 0 atom stereocenters. The highest BCUT2D eigenvalue weighted by Crippen LogP contribution is 2.37. The van der Waals surface area contributed by atoms with E-state index in [0.717, 1.165) is 66.3 Å². The number of hydrogen-bond donors (Lipinski definition) is 0. The average Bonchev–Trinajstić information content (AvgIpc) is 3.40. The molecule has 0 saturated carbocycles. The van der Waals surface area contributed by atoms with Crippen LogP contribution in [0.25, 0.3) is 87.8 Å². The molecule has 9 aromatic rings. The molecule has 0 saturated heterocycles. The molecule has 0 N–H and O–H groups in total. The zero-order chi connectivity index (χ0) is 26.9. The Kier molecular flexibility index (Phi) is 4.61. The Morgan fingerprint density at radius 3 is 2.02 bits per heavy atom. The number of benzene rings is 7. The van der Waals surface area contributed by atoms with Gasteiger partial charge in [0, 0.05) is 32.7 Å². The van der Waals surface area contributed by atoms with Crippen LogP contribution in [0.15, 0.2) is 138 Å². The van der Waals surface area contributed by atoms with Crippen molar-refractivity contribution >= 4 is 65.2 Å². The highest BCUT2D eigenvalue weighted by Gasteiger charge is 2.15. The zero-order valence-corrected chi connectivity index (χ0v) is 22.0. The summed E-state index contributed by atoms with van der Waals surface area (Å²) in [5, 5.41) is 10.3. The van der Waals surface area contributed by atoms with Crippen molar-refractivity contribution in [2.75, 3.05) is 0 Å². The Balaban J connectivity index is 1.34. The molecule has 0 radical (unpaired) electrons. The highest BCUT2D eigenvalue weighted by atomic mass is 16.3. The van der Waals surface area contributed by atoms with E-state index >= 15 is 0 Å². The first-order valence-electron chi connectivity index (χ1n) is 13.8. The molecule has 190 valence electrons. The lowest BCUT2D eigenvalue weighted by Crippen LogP contribution is -1.96. The summed E-state index contributed by atoms with van der Waals surface area (Å²) in [6.07, 6.45) is 0. The van der Waals surface area contributed by atoms with E-state index in [0.29, 0.717) is 0 Å². The summed E-state index contributed by atoms with van der Waals surface area (Å²) in [4.78, 5) is 10.4. The normalized spacial score (nSPS) is 11.9. The fraction of sp³-hybridized carbons (Fsp3) is 0. The van der Waals surface area contributed by atoms with Gasteiger partial charge in [0.15, 0.2) is 5.82 Å². The summed E-state index contributed by atoms with van der Waals surface area (Å²) in [7, 11) is 0. The molecule has 41 heavy (non-hydrogen) atoms. The molecule has 0 unspecified atom stereocenters. The number of hydrogen-bond acceptors (Lipinski definition) is 3. The Labute approximate surface area is 235 Å². The lowest BCUT2D eigenvalue weighted by Gasteiger charge is -2.12. The second kappa shape index (κ2) is 8.48. The van der Waals surface area contributed by atoms with Crippen molar-refractivity contribution in [1.29, 1.82) is 0 Å². The van der Waals surface area contributed by atoms with E-state index < -0.39 is 0 Å². The number of rotatable bonds is 2. The largest absolute Gasteiger partial charge is 0.456 e. The Morgan fingerprint density at radius 1 is 0.390 bits per heavy atom. The molecule has 0 spiro atoms. The van der Waals surface area contributed by atoms with Crippen molar-refractivity contribution < 1.29 is 4.42 Å². The third-order valence-electron chi connectivity index (χ3n) is 8.23. The number of fused-ring (bicyclic) bond motifs is 9. The van der Waals surface area contributed by atoms with E-state index in [4.69, 9.17) is 14.4 Å². The second-order valence-electron chi connectivity index (χ2n) is 10.6. The van der Waals surface area contributed by atoms with E-state index in [2.05, 4.69) is 115 Å². The van der Waals surface area contributed by atoms with Crippen LogP contribution in [-0.4, -0.2) is 9.97 Å². The van der Waals surface area contributed by atoms with Gasteiger partial charge in [-0.05, 0) is 57.3 Å². The van der Waals surface area contributed by atoms with Crippen LogP contribution >= 0.6 is 0 Å². The van der Waals surface area contributed by atoms with Crippen LogP contribution in [0.3, 0.4) is 0 Å². The van der Waals surface area contributed by atoms with Gasteiger partial charge in [0.1, 0.15) is 11.2 Å². The molecule has 0 fully saturated rings. The van der Waals surface area contributed by atoms with Gasteiger partial charge in [-0.3, -0.25) is 0 Å².